The highest BCUT2D eigenvalue weighted by molar-refractivity contribution is 7.89. The molecule has 3 atom stereocenters. The minimum absolute atomic E-state index is 0.0988. The number of nitrogens with one attached hydrogen (secondary N) is 2. The van der Waals surface area contributed by atoms with E-state index in [0.717, 1.165) is 32.1 Å². The molecule has 4 N–H and O–H groups in total. The summed E-state index contributed by atoms with van der Waals surface area (Å²) in [6.07, 6.45) is 8.52. The smallest absolute Gasteiger partial charge is 0.271 e. The maximum absolute atomic E-state index is 12.5. The molecule has 1 aromatic heterocycles. The molecule has 0 saturated heterocycles. The number of aliphatic hydroxyl groups excluding tert-OH is 2. The van der Waals surface area contributed by atoms with Gasteiger partial charge in [-0.1, -0.05) is 45.4 Å². The molecule has 0 bridgehead atoms. The Morgan fingerprint density at radius 1 is 1.23 bits per heavy atom. The number of hydrogen-bond acceptors (Lipinski definition) is 7. The van der Waals surface area contributed by atoms with Crippen molar-refractivity contribution in [3.63, 3.8) is 0 Å². The number of amides is 1. The zero-order valence-corrected chi connectivity index (χ0v) is 18.4. The van der Waals surface area contributed by atoms with Crippen molar-refractivity contribution < 1.29 is 23.4 Å². The molecule has 0 aliphatic heterocycles. The van der Waals surface area contributed by atoms with Gasteiger partial charge in [-0.3, -0.25) is 9.78 Å². The van der Waals surface area contributed by atoms with Crippen LogP contribution in [0.3, 0.4) is 0 Å². The Labute approximate surface area is 178 Å². The second kappa shape index (κ2) is 12.3. The minimum Gasteiger partial charge on any atom is -0.389 e. The Hall–Kier alpha value is -1.62. The fourth-order valence-electron chi connectivity index (χ4n) is 3.78. The molecule has 0 aromatic carbocycles. The second-order valence-corrected chi connectivity index (χ2v) is 9.85. The first-order valence-electron chi connectivity index (χ1n) is 10.7. The summed E-state index contributed by atoms with van der Waals surface area (Å²) in [6.45, 7) is 2.24. The molecule has 1 aliphatic carbocycles. The van der Waals surface area contributed by atoms with Gasteiger partial charge in [-0.05, 0) is 18.8 Å². The Balaban J connectivity index is 2.06. The van der Waals surface area contributed by atoms with Crippen LogP contribution in [0.1, 0.15) is 68.8 Å². The van der Waals surface area contributed by atoms with Crippen LogP contribution in [0.4, 0.5) is 0 Å². The lowest BCUT2D eigenvalue weighted by atomic mass is 9.83. The van der Waals surface area contributed by atoms with Gasteiger partial charge in [0, 0.05) is 18.9 Å². The van der Waals surface area contributed by atoms with Crippen LogP contribution in [0.2, 0.25) is 0 Å². The quantitative estimate of drug-likeness (QED) is 0.354. The third-order valence-corrected chi connectivity index (χ3v) is 6.90. The van der Waals surface area contributed by atoms with Crippen LogP contribution in [-0.2, 0) is 10.0 Å². The summed E-state index contributed by atoms with van der Waals surface area (Å²) >= 11 is 0. The number of unbranched alkanes of at least 4 members (excludes halogenated alkanes) is 1. The molecule has 1 heterocycles. The number of carbonyl (C=O) groups is 1. The zero-order chi connectivity index (χ0) is 22.0. The van der Waals surface area contributed by atoms with E-state index in [1.165, 1.54) is 25.0 Å². The maximum Gasteiger partial charge on any atom is 0.271 e. The molecule has 30 heavy (non-hydrogen) atoms. The molecule has 1 aliphatic rings. The number of aromatic nitrogens is 2. The molecule has 2 rings (SSSR count). The lowest BCUT2D eigenvalue weighted by Gasteiger charge is -2.32. The summed E-state index contributed by atoms with van der Waals surface area (Å²) in [6, 6.07) is -0.788. The molecule has 0 radical (unpaired) electrons. The van der Waals surface area contributed by atoms with Crippen LogP contribution in [0, 0.1) is 5.92 Å². The molecule has 0 unspecified atom stereocenters. The summed E-state index contributed by atoms with van der Waals surface area (Å²) in [5.41, 5.74) is 0.0988. The van der Waals surface area contributed by atoms with Crippen LogP contribution in [0.15, 0.2) is 18.6 Å². The second-order valence-electron chi connectivity index (χ2n) is 8.00. The van der Waals surface area contributed by atoms with E-state index in [9.17, 15) is 23.4 Å². The number of sulfonamides is 1. The summed E-state index contributed by atoms with van der Waals surface area (Å²) in [5.74, 6) is -0.841. The van der Waals surface area contributed by atoms with Gasteiger partial charge < -0.3 is 15.5 Å². The largest absolute Gasteiger partial charge is 0.389 e. The van der Waals surface area contributed by atoms with E-state index in [0.29, 0.717) is 18.8 Å². The van der Waals surface area contributed by atoms with E-state index in [2.05, 4.69) is 20.0 Å². The van der Waals surface area contributed by atoms with Gasteiger partial charge in [0.25, 0.3) is 5.91 Å². The average molecular weight is 443 g/mol. The first kappa shape index (κ1) is 24.6. The average Bonchev–Trinajstić information content (AvgIpc) is 2.73. The standard InChI is InChI=1S/C20H34N4O5S/c1-2-3-9-23-30(28,29)14-18(25)19(26)16(12-15-7-5-4-6-8-15)24-20(27)17-13-21-10-11-22-17/h10-11,13,15-16,18-19,23,25-26H,2-9,12,14H2,1H3,(H,24,27)/t16-,18-,19+/m0/s1. The Kier molecular flexibility index (Phi) is 10.1. The maximum atomic E-state index is 12.5. The van der Waals surface area contributed by atoms with E-state index in [4.69, 9.17) is 0 Å². The zero-order valence-electron chi connectivity index (χ0n) is 17.5. The van der Waals surface area contributed by atoms with Crippen LogP contribution in [0.5, 0.6) is 0 Å². The lowest BCUT2D eigenvalue weighted by molar-refractivity contribution is 0.00195. The number of hydrogen-bond donors (Lipinski definition) is 4. The summed E-state index contributed by atoms with van der Waals surface area (Å²) < 4.78 is 26.8. The molecular weight excluding hydrogens is 408 g/mol. The van der Waals surface area contributed by atoms with Gasteiger partial charge in [0.2, 0.25) is 10.0 Å². The first-order chi connectivity index (χ1) is 14.3. The van der Waals surface area contributed by atoms with E-state index in [1.807, 2.05) is 6.92 Å². The number of nitrogens with zero attached hydrogens (tertiary/aromatic N) is 2. The van der Waals surface area contributed by atoms with Crippen LogP contribution in [0.25, 0.3) is 0 Å². The SMILES string of the molecule is CCCCNS(=O)(=O)C[C@H](O)[C@H](O)[C@H](CC1CCCCC1)NC(=O)c1cnccn1. The highest BCUT2D eigenvalue weighted by Crippen LogP contribution is 2.28. The highest BCUT2D eigenvalue weighted by Gasteiger charge is 2.33. The van der Waals surface area contributed by atoms with Gasteiger partial charge in [-0.15, -0.1) is 0 Å². The molecule has 1 fully saturated rings. The predicted octanol–water partition coefficient (Wildman–Crippen LogP) is 0.987. The monoisotopic (exact) mass is 442 g/mol. The summed E-state index contributed by atoms with van der Waals surface area (Å²) in [7, 11) is -3.74. The molecule has 170 valence electrons. The molecule has 0 spiro atoms. The third-order valence-electron chi connectivity index (χ3n) is 5.47. The Morgan fingerprint density at radius 3 is 2.60 bits per heavy atom. The lowest BCUT2D eigenvalue weighted by Crippen LogP contribution is -2.52. The van der Waals surface area contributed by atoms with Crippen molar-refractivity contribution in [3.8, 4) is 0 Å². The molecule has 1 saturated carbocycles. The molecule has 1 amide bonds. The third kappa shape index (κ3) is 8.25. The molecular formula is C20H34N4O5S. The molecule has 10 heteroatoms. The summed E-state index contributed by atoms with van der Waals surface area (Å²) in [4.78, 5) is 20.4. The number of rotatable bonds is 12. The van der Waals surface area contributed by atoms with Crippen molar-refractivity contribution in [1.29, 1.82) is 0 Å². The van der Waals surface area contributed by atoms with Crippen LogP contribution < -0.4 is 10.0 Å². The molecule has 9 nitrogen and oxygen atoms in total. The number of carbonyl (C=O) groups excluding carboxylic acids is 1. The van der Waals surface area contributed by atoms with Gasteiger partial charge in [-0.25, -0.2) is 18.1 Å². The van der Waals surface area contributed by atoms with Crippen molar-refractivity contribution in [2.75, 3.05) is 12.3 Å². The van der Waals surface area contributed by atoms with E-state index in [1.54, 1.807) is 0 Å². The van der Waals surface area contributed by atoms with Gasteiger partial charge >= 0.3 is 0 Å². The summed E-state index contributed by atoms with van der Waals surface area (Å²) in [5, 5.41) is 23.9. The topological polar surface area (TPSA) is 142 Å². The van der Waals surface area contributed by atoms with E-state index < -0.39 is 39.9 Å². The fraction of sp³-hybridized carbons (Fsp3) is 0.750. The van der Waals surface area contributed by atoms with E-state index in [-0.39, 0.29) is 12.2 Å². The minimum atomic E-state index is -3.74. The Morgan fingerprint density at radius 2 is 1.97 bits per heavy atom. The highest BCUT2D eigenvalue weighted by atomic mass is 32.2. The van der Waals surface area contributed by atoms with Crippen molar-refractivity contribution in [3.05, 3.63) is 24.3 Å². The van der Waals surface area contributed by atoms with Crippen molar-refractivity contribution in [2.45, 2.75) is 76.5 Å². The fourth-order valence-corrected chi connectivity index (χ4v) is 5.00. The van der Waals surface area contributed by atoms with Gasteiger partial charge in [0.15, 0.2) is 0 Å². The van der Waals surface area contributed by atoms with Crippen LogP contribution >= 0.6 is 0 Å². The van der Waals surface area contributed by atoms with Crippen molar-refractivity contribution in [2.24, 2.45) is 5.92 Å². The molecule has 1 aromatic rings. The van der Waals surface area contributed by atoms with Crippen molar-refractivity contribution >= 4 is 15.9 Å². The van der Waals surface area contributed by atoms with Gasteiger partial charge in [-0.2, -0.15) is 0 Å². The van der Waals surface area contributed by atoms with E-state index >= 15 is 0 Å². The number of aliphatic hydroxyl groups is 2. The normalized spacial score (nSPS) is 18.5. The predicted molar refractivity (Wildman–Crippen MR) is 113 cm³/mol. The van der Waals surface area contributed by atoms with Crippen molar-refractivity contribution in [1.82, 2.24) is 20.0 Å². The first-order valence-corrected chi connectivity index (χ1v) is 12.4. The van der Waals surface area contributed by atoms with Crippen LogP contribution in [-0.4, -0.2) is 65.1 Å². The van der Waals surface area contributed by atoms with Gasteiger partial charge in [0.05, 0.1) is 24.1 Å². The van der Waals surface area contributed by atoms with Gasteiger partial charge in [0.1, 0.15) is 11.8 Å². The Bertz CT molecular complexity index is 741.